The Morgan fingerprint density at radius 1 is 1.10 bits per heavy atom. The molecule has 2 heterocycles. The van der Waals surface area contributed by atoms with Gasteiger partial charge in [0.25, 0.3) is 0 Å². The molecule has 0 bridgehead atoms. The van der Waals surface area contributed by atoms with E-state index >= 15 is 0 Å². The van der Waals surface area contributed by atoms with Crippen molar-refractivity contribution in [3.8, 4) is 0 Å². The van der Waals surface area contributed by atoms with Gasteiger partial charge in [0.15, 0.2) is 0 Å². The van der Waals surface area contributed by atoms with E-state index in [4.69, 9.17) is 0 Å². The maximum Gasteiger partial charge on any atom is 0.243 e. The smallest absolute Gasteiger partial charge is 0.243 e. The Balaban J connectivity index is 1.44. The Morgan fingerprint density at radius 3 is 2.33 bits per heavy atom. The van der Waals surface area contributed by atoms with Crippen LogP contribution in [0.1, 0.15) is 44.3 Å². The van der Waals surface area contributed by atoms with Crippen LogP contribution in [-0.2, 0) is 14.8 Å². The molecule has 4 rings (SSSR count). The first-order valence-corrected chi connectivity index (χ1v) is 11.8. The van der Waals surface area contributed by atoms with Crippen molar-refractivity contribution in [2.75, 3.05) is 13.1 Å². The number of carbonyl (C=O) groups is 1. The van der Waals surface area contributed by atoms with Crippen molar-refractivity contribution in [1.29, 1.82) is 0 Å². The summed E-state index contributed by atoms with van der Waals surface area (Å²) in [7, 11) is -3.68. The number of hydrogen-bond donors (Lipinski definition) is 0. The van der Waals surface area contributed by atoms with Gasteiger partial charge >= 0.3 is 0 Å². The Hall–Kier alpha value is -2.32. The number of carbonyl (C=O) groups excluding carboxylic acids is 1. The van der Waals surface area contributed by atoms with E-state index in [1.54, 1.807) is 6.20 Å². The average Bonchev–Trinajstić information content (AvgIpc) is 3.60. The summed E-state index contributed by atoms with van der Waals surface area (Å²) in [5.74, 6) is -0.577. The molecule has 2 aromatic rings. The van der Waals surface area contributed by atoms with Gasteiger partial charge in [-0.15, -0.1) is 0 Å². The fourth-order valence-corrected chi connectivity index (χ4v) is 5.58. The topological polar surface area (TPSA) is 70.6 Å². The number of aromatic nitrogens is 1. The third-order valence-electron chi connectivity index (χ3n) is 5.98. The van der Waals surface area contributed by atoms with Crippen LogP contribution in [0.5, 0.6) is 0 Å². The summed E-state index contributed by atoms with van der Waals surface area (Å²) in [6.07, 6.45) is 4.70. The van der Waals surface area contributed by atoms with Crippen LogP contribution in [0.4, 0.5) is 4.39 Å². The summed E-state index contributed by atoms with van der Waals surface area (Å²) >= 11 is 0. The van der Waals surface area contributed by atoms with Gasteiger partial charge in [-0.05, 0) is 69.0 Å². The van der Waals surface area contributed by atoms with Gasteiger partial charge in [-0.1, -0.05) is 6.07 Å². The van der Waals surface area contributed by atoms with Gasteiger partial charge in [0.1, 0.15) is 5.82 Å². The zero-order valence-electron chi connectivity index (χ0n) is 16.9. The maximum atomic E-state index is 13.3. The molecule has 2 aliphatic rings. The zero-order chi connectivity index (χ0) is 21.3. The molecule has 1 aromatic heterocycles. The summed E-state index contributed by atoms with van der Waals surface area (Å²) in [5, 5.41) is 0. The van der Waals surface area contributed by atoms with E-state index in [9.17, 15) is 17.6 Å². The number of piperidine rings is 1. The van der Waals surface area contributed by atoms with Crippen LogP contribution in [0.2, 0.25) is 0 Å². The molecule has 160 valence electrons. The molecule has 30 heavy (non-hydrogen) atoms. The normalized spacial score (nSPS) is 19.4. The number of benzene rings is 1. The van der Waals surface area contributed by atoms with Crippen molar-refractivity contribution < 1.29 is 17.6 Å². The van der Waals surface area contributed by atoms with E-state index in [1.165, 1.54) is 16.4 Å². The molecule has 0 N–H and O–H groups in total. The lowest BCUT2D eigenvalue weighted by molar-refractivity contribution is -0.139. The maximum absolute atomic E-state index is 13.3. The molecule has 1 amide bonds. The first kappa shape index (κ1) is 20.9. The van der Waals surface area contributed by atoms with Crippen LogP contribution >= 0.6 is 0 Å². The van der Waals surface area contributed by atoms with Crippen molar-refractivity contribution in [3.05, 3.63) is 60.2 Å². The first-order valence-electron chi connectivity index (χ1n) is 10.4. The molecule has 1 saturated carbocycles. The van der Waals surface area contributed by atoms with Gasteiger partial charge in [-0.2, -0.15) is 4.31 Å². The number of rotatable bonds is 6. The highest BCUT2D eigenvalue weighted by atomic mass is 32.2. The summed E-state index contributed by atoms with van der Waals surface area (Å²) < 4.78 is 40.2. The van der Waals surface area contributed by atoms with Crippen molar-refractivity contribution >= 4 is 15.9 Å². The van der Waals surface area contributed by atoms with Gasteiger partial charge in [0.2, 0.25) is 15.9 Å². The van der Waals surface area contributed by atoms with Crippen LogP contribution in [0.15, 0.2) is 53.6 Å². The van der Waals surface area contributed by atoms with E-state index in [0.717, 1.165) is 30.7 Å². The highest BCUT2D eigenvalue weighted by molar-refractivity contribution is 7.89. The number of hydrogen-bond acceptors (Lipinski definition) is 4. The van der Waals surface area contributed by atoms with E-state index in [1.807, 2.05) is 30.0 Å². The van der Waals surface area contributed by atoms with Gasteiger partial charge in [0.05, 0.1) is 16.6 Å². The van der Waals surface area contributed by atoms with Gasteiger partial charge in [0, 0.05) is 31.2 Å². The van der Waals surface area contributed by atoms with Crippen LogP contribution in [0.3, 0.4) is 0 Å². The molecular formula is C22H26FN3O3S. The van der Waals surface area contributed by atoms with E-state index in [0.29, 0.717) is 12.8 Å². The van der Waals surface area contributed by atoms with Crippen LogP contribution in [0.25, 0.3) is 0 Å². The Kier molecular flexibility index (Phi) is 5.88. The predicted octanol–water partition coefficient (Wildman–Crippen LogP) is 3.37. The first-order chi connectivity index (χ1) is 14.4. The van der Waals surface area contributed by atoms with Crippen molar-refractivity contribution in [2.45, 2.75) is 49.6 Å². The fourth-order valence-electron chi connectivity index (χ4n) is 4.11. The largest absolute Gasteiger partial charge is 0.331 e. The van der Waals surface area contributed by atoms with E-state index < -0.39 is 15.8 Å². The predicted molar refractivity (Wildman–Crippen MR) is 110 cm³/mol. The SMILES string of the molecule is CC(c1ccccn1)N(C(=O)C1CCN(S(=O)(=O)c2ccc(F)cc2)CC1)C1CC1. The molecule has 1 aliphatic heterocycles. The highest BCUT2D eigenvalue weighted by Crippen LogP contribution is 2.37. The second-order valence-electron chi connectivity index (χ2n) is 8.04. The summed E-state index contributed by atoms with van der Waals surface area (Å²) in [5.41, 5.74) is 0.870. The molecule has 0 radical (unpaired) electrons. The van der Waals surface area contributed by atoms with E-state index in [-0.39, 0.29) is 41.9 Å². The number of nitrogens with zero attached hydrogens (tertiary/aromatic N) is 3. The van der Waals surface area contributed by atoms with Crippen LogP contribution < -0.4 is 0 Å². The minimum Gasteiger partial charge on any atom is -0.331 e. The minimum atomic E-state index is -3.68. The lowest BCUT2D eigenvalue weighted by Gasteiger charge is -2.36. The Bertz CT molecular complexity index is 986. The molecule has 1 saturated heterocycles. The number of amides is 1. The number of sulfonamides is 1. The molecule has 1 aliphatic carbocycles. The molecule has 1 unspecified atom stereocenters. The lowest BCUT2D eigenvalue weighted by atomic mass is 9.95. The van der Waals surface area contributed by atoms with Crippen molar-refractivity contribution in [3.63, 3.8) is 0 Å². The minimum absolute atomic E-state index is 0.0806. The van der Waals surface area contributed by atoms with Crippen molar-refractivity contribution in [1.82, 2.24) is 14.2 Å². The summed E-state index contributed by atoms with van der Waals surface area (Å²) in [4.78, 5) is 19.8. The summed E-state index contributed by atoms with van der Waals surface area (Å²) in [6.45, 7) is 2.58. The number of pyridine rings is 1. The quantitative estimate of drug-likeness (QED) is 0.703. The van der Waals surface area contributed by atoms with Crippen LogP contribution in [-0.4, -0.2) is 47.6 Å². The third-order valence-corrected chi connectivity index (χ3v) is 7.90. The average molecular weight is 432 g/mol. The monoisotopic (exact) mass is 431 g/mol. The third kappa shape index (κ3) is 4.25. The summed E-state index contributed by atoms with van der Waals surface area (Å²) in [6, 6.07) is 10.7. The second-order valence-corrected chi connectivity index (χ2v) is 9.98. The van der Waals surface area contributed by atoms with Crippen LogP contribution in [0, 0.1) is 11.7 Å². The van der Waals surface area contributed by atoms with Gasteiger partial charge in [-0.3, -0.25) is 9.78 Å². The molecule has 1 aromatic carbocycles. The standard InChI is InChI=1S/C22H26FN3O3S/c1-16(21-4-2-3-13-24-21)26(19-7-8-19)22(27)17-11-14-25(15-12-17)30(28,29)20-9-5-18(23)6-10-20/h2-6,9-10,13,16-17,19H,7-8,11-12,14-15H2,1H3. The Labute approximate surface area is 176 Å². The van der Waals surface area contributed by atoms with Gasteiger partial charge in [-0.25, -0.2) is 12.8 Å². The highest BCUT2D eigenvalue weighted by Gasteiger charge is 2.41. The Morgan fingerprint density at radius 2 is 1.77 bits per heavy atom. The molecule has 6 nitrogen and oxygen atoms in total. The molecule has 8 heteroatoms. The second kappa shape index (κ2) is 8.43. The van der Waals surface area contributed by atoms with Gasteiger partial charge < -0.3 is 4.90 Å². The molecular weight excluding hydrogens is 405 g/mol. The lowest BCUT2D eigenvalue weighted by Crippen LogP contribution is -2.45. The van der Waals surface area contributed by atoms with Crippen molar-refractivity contribution in [2.24, 2.45) is 5.92 Å². The molecule has 2 fully saturated rings. The fraction of sp³-hybridized carbons (Fsp3) is 0.455. The number of halogens is 1. The molecule has 1 atom stereocenters. The molecule has 0 spiro atoms. The zero-order valence-corrected chi connectivity index (χ0v) is 17.8. The van der Waals surface area contributed by atoms with E-state index in [2.05, 4.69) is 4.98 Å².